The second kappa shape index (κ2) is 4.45. The van der Waals surface area contributed by atoms with Crippen LogP contribution in [0, 0.1) is 23.2 Å². The van der Waals surface area contributed by atoms with Gasteiger partial charge in [-0.05, 0) is 29.6 Å². The maximum Gasteiger partial charge on any atom is 0.0655 e. The zero-order valence-corrected chi connectivity index (χ0v) is 11.5. The van der Waals surface area contributed by atoms with Crippen molar-refractivity contribution in [1.82, 2.24) is 0 Å². The fourth-order valence-corrected chi connectivity index (χ4v) is 2.99. The molecule has 1 nitrogen and oxygen atoms in total. The Morgan fingerprint density at radius 1 is 0.933 bits per heavy atom. The number of rotatable bonds is 1. The molecule has 5 atom stereocenters. The molecule has 0 aliphatic carbocycles. The van der Waals surface area contributed by atoms with Gasteiger partial charge in [0.05, 0.1) is 12.2 Å². The van der Waals surface area contributed by atoms with Crippen molar-refractivity contribution < 1.29 is 4.74 Å². The first-order valence-electron chi connectivity index (χ1n) is 6.44. The Morgan fingerprint density at radius 3 is 1.87 bits per heavy atom. The maximum absolute atomic E-state index is 6.29. The van der Waals surface area contributed by atoms with Crippen LogP contribution >= 0.6 is 0 Å². The fourth-order valence-electron chi connectivity index (χ4n) is 2.99. The van der Waals surface area contributed by atoms with Gasteiger partial charge in [-0.1, -0.05) is 48.5 Å². The lowest BCUT2D eigenvalue weighted by atomic mass is 9.69. The van der Waals surface area contributed by atoms with Crippen LogP contribution in [0.2, 0.25) is 0 Å². The molecule has 0 aromatic heterocycles. The van der Waals surface area contributed by atoms with E-state index in [2.05, 4.69) is 48.5 Å². The topological polar surface area (TPSA) is 9.23 Å². The quantitative estimate of drug-likeness (QED) is 0.635. The molecular weight excluding hydrogens is 184 g/mol. The van der Waals surface area contributed by atoms with Crippen molar-refractivity contribution in [2.24, 2.45) is 23.2 Å². The van der Waals surface area contributed by atoms with Gasteiger partial charge in [-0.15, -0.1) is 0 Å². The number of hydrogen-bond donors (Lipinski definition) is 0. The molecule has 1 saturated heterocycles. The van der Waals surface area contributed by atoms with Gasteiger partial charge in [-0.3, -0.25) is 0 Å². The Hall–Kier alpha value is -0.0400. The van der Waals surface area contributed by atoms with Gasteiger partial charge in [0.25, 0.3) is 0 Å². The first-order valence-corrected chi connectivity index (χ1v) is 6.44. The summed E-state index contributed by atoms with van der Waals surface area (Å²) in [7, 11) is 0. The smallest absolute Gasteiger partial charge is 0.0655 e. The first kappa shape index (κ1) is 13.0. The van der Waals surface area contributed by atoms with Crippen molar-refractivity contribution in [2.75, 3.05) is 0 Å². The minimum Gasteiger partial charge on any atom is -0.374 e. The van der Waals surface area contributed by atoms with Crippen LogP contribution in [0.25, 0.3) is 0 Å². The van der Waals surface area contributed by atoms with Crippen molar-refractivity contribution in [3.05, 3.63) is 0 Å². The van der Waals surface area contributed by atoms with Crippen LogP contribution in [-0.4, -0.2) is 12.2 Å². The van der Waals surface area contributed by atoms with E-state index in [0.29, 0.717) is 24.0 Å². The molecular formula is C14H28O. The molecule has 1 heteroatoms. The molecule has 1 fully saturated rings. The van der Waals surface area contributed by atoms with Crippen molar-refractivity contribution >= 4 is 0 Å². The molecule has 1 aliphatic heterocycles. The number of ether oxygens (including phenoxy) is 1. The predicted octanol–water partition coefficient (Wildman–Crippen LogP) is 4.12. The molecule has 1 rings (SSSR count). The summed E-state index contributed by atoms with van der Waals surface area (Å²) in [6.07, 6.45) is 2.01. The van der Waals surface area contributed by atoms with Crippen molar-refractivity contribution in [1.29, 1.82) is 0 Å². The van der Waals surface area contributed by atoms with Gasteiger partial charge in [0.1, 0.15) is 0 Å². The molecule has 1 heterocycles. The summed E-state index contributed by atoms with van der Waals surface area (Å²) in [5.41, 5.74) is 0.265. The Labute approximate surface area is 95.6 Å². The molecule has 0 bridgehead atoms. The highest BCUT2D eigenvalue weighted by atomic mass is 16.5. The molecule has 5 unspecified atom stereocenters. The molecule has 90 valence electrons. The zero-order chi connectivity index (χ0) is 11.8. The second-order valence-corrected chi connectivity index (χ2v) is 6.45. The molecule has 0 radical (unpaired) electrons. The van der Waals surface area contributed by atoms with E-state index in [1.54, 1.807) is 0 Å². The molecule has 15 heavy (non-hydrogen) atoms. The lowest BCUT2D eigenvalue weighted by Gasteiger charge is -2.48. The van der Waals surface area contributed by atoms with Crippen LogP contribution in [-0.2, 0) is 4.74 Å². The highest BCUT2D eigenvalue weighted by Gasteiger charge is 2.42. The van der Waals surface area contributed by atoms with Gasteiger partial charge in [-0.2, -0.15) is 0 Å². The maximum atomic E-state index is 6.29. The van der Waals surface area contributed by atoms with Crippen molar-refractivity contribution in [3.63, 3.8) is 0 Å². The second-order valence-electron chi connectivity index (χ2n) is 6.45. The third-order valence-corrected chi connectivity index (χ3v) is 4.30. The molecule has 0 saturated carbocycles. The fraction of sp³-hybridized carbons (Fsp3) is 1.00. The highest BCUT2D eigenvalue weighted by molar-refractivity contribution is 4.90. The molecule has 0 aromatic rings. The van der Waals surface area contributed by atoms with Crippen molar-refractivity contribution in [2.45, 2.75) is 67.1 Å². The first-order chi connectivity index (χ1) is 6.79. The summed E-state index contributed by atoms with van der Waals surface area (Å²) in [5.74, 6) is 2.14. The monoisotopic (exact) mass is 212 g/mol. The van der Waals surface area contributed by atoms with Crippen LogP contribution in [0.4, 0.5) is 0 Å². The van der Waals surface area contributed by atoms with Crippen LogP contribution in [0.5, 0.6) is 0 Å². The van der Waals surface area contributed by atoms with Gasteiger partial charge in [-0.25, -0.2) is 0 Å². The summed E-state index contributed by atoms with van der Waals surface area (Å²) >= 11 is 0. The van der Waals surface area contributed by atoms with E-state index in [1.807, 2.05) is 0 Å². The zero-order valence-electron chi connectivity index (χ0n) is 11.5. The average Bonchev–Trinajstić information content (AvgIpc) is 2.13. The Morgan fingerprint density at radius 2 is 1.47 bits per heavy atom. The Kier molecular flexibility index (Phi) is 3.86. The number of hydrogen-bond acceptors (Lipinski definition) is 1. The van der Waals surface area contributed by atoms with E-state index in [1.165, 1.54) is 0 Å². The van der Waals surface area contributed by atoms with Gasteiger partial charge < -0.3 is 4.74 Å². The largest absolute Gasteiger partial charge is 0.374 e. The average molecular weight is 212 g/mol. The van der Waals surface area contributed by atoms with Gasteiger partial charge in [0.15, 0.2) is 0 Å². The highest BCUT2D eigenvalue weighted by Crippen LogP contribution is 2.42. The van der Waals surface area contributed by atoms with E-state index in [9.17, 15) is 0 Å². The predicted molar refractivity (Wildman–Crippen MR) is 65.9 cm³/mol. The third kappa shape index (κ3) is 2.55. The molecule has 0 N–H and O–H groups in total. The molecule has 0 aromatic carbocycles. The minimum atomic E-state index is 0.265. The van der Waals surface area contributed by atoms with E-state index in [0.717, 1.165) is 12.3 Å². The SMILES string of the molecule is CCC1OC(C(C)(C)C)C(C)C(C)C1C. The van der Waals surface area contributed by atoms with Crippen LogP contribution in [0.3, 0.4) is 0 Å². The third-order valence-electron chi connectivity index (χ3n) is 4.30. The minimum absolute atomic E-state index is 0.265. The molecule has 0 amide bonds. The van der Waals surface area contributed by atoms with E-state index < -0.39 is 0 Å². The van der Waals surface area contributed by atoms with Gasteiger partial charge in [0, 0.05) is 0 Å². The van der Waals surface area contributed by atoms with E-state index in [-0.39, 0.29) is 5.41 Å². The summed E-state index contributed by atoms with van der Waals surface area (Å²) in [5, 5.41) is 0. The standard InChI is InChI=1S/C14H28O/c1-8-12-10(3)9(2)11(4)13(15-12)14(5,6)7/h9-13H,8H2,1-7H3. The Bertz CT molecular complexity index is 202. The van der Waals surface area contributed by atoms with E-state index >= 15 is 0 Å². The normalized spacial score (nSPS) is 43.0. The summed E-state index contributed by atoms with van der Waals surface area (Å²) in [6.45, 7) is 16.2. The summed E-state index contributed by atoms with van der Waals surface area (Å²) < 4.78 is 6.29. The summed E-state index contributed by atoms with van der Waals surface area (Å²) in [6, 6.07) is 0. The van der Waals surface area contributed by atoms with E-state index in [4.69, 9.17) is 4.74 Å². The molecule has 1 aliphatic rings. The van der Waals surface area contributed by atoms with Crippen LogP contribution in [0.15, 0.2) is 0 Å². The van der Waals surface area contributed by atoms with Gasteiger partial charge >= 0.3 is 0 Å². The molecule has 0 spiro atoms. The van der Waals surface area contributed by atoms with Crippen molar-refractivity contribution in [3.8, 4) is 0 Å². The van der Waals surface area contributed by atoms with Crippen LogP contribution in [0.1, 0.15) is 54.9 Å². The lowest BCUT2D eigenvalue weighted by molar-refractivity contribution is -0.171. The van der Waals surface area contributed by atoms with Gasteiger partial charge in [0.2, 0.25) is 0 Å². The lowest BCUT2D eigenvalue weighted by Crippen LogP contribution is -2.49. The summed E-state index contributed by atoms with van der Waals surface area (Å²) in [4.78, 5) is 0. The Balaban J connectivity index is 2.83. The van der Waals surface area contributed by atoms with Crippen LogP contribution < -0.4 is 0 Å².